The first-order valence-corrected chi connectivity index (χ1v) is 8.58. The van der Waals surface area contributed by atoms with Gasteiger partial charge in [-0.15, -0.1) is 0 Å². The molecule has 0 saturated carbocycles. The Morgan fingerprint density at radius 1 is 1.17 bits per heavy atom. The predicted molar refractivity (Wildman–Crippen MR) is 83.8 cm³/mol. The summed E-state index contributed by atoms with van der Waals surface area (Å²) in [6.45, 7) is 3.66. The van der Waals surface area contributed by atoms with E-state index in [4.69, 9.17) is 0 Å². The lowest BCUT2D eigenvalue weighted by Crippen LogP contribution is -2.33. The third-order valence-corrected chi connectivity index (χ3v) is 4.81. The van der Waals surface area contributed by atoms with Crippen molar-refractivity contribution in [2.24, 2.45) is 0 Å². The minimum absolute atomic E-state index is 0.0312. The molecular weight excluding hydrogens is 322 g/mol. The average molecular weight is 343 g/mol. The van der Waals surface area contributed by atoms with Gasteiger partial charge in [0.1, 0.15) is 0 Å². The summed E-state index contributed by atoms with van der Waals surface area (Å²) in [6, 6.07) is 3.35. The molecule has 0 saturated heterocycles. The molecule has 23 heavy (non-hydrogen) atoms. The fraction of sp³-hybridized carbons (Fsp3) is 0.467. The van der Waals surface area contributed by atoms with Crippen LogP contribution in [0.25, 0.3) is 0 Å². The molecule has 0 aliphatic carbocycles. The number of nitrogens with one attached hydrogen (secondary N) is 1. The third kappa shape index (κ3) is 4.77. The highest BCUT2D eigenvalue weighted by Crippen LogP contribution is 2.20. The monoisotopic (exact) mass is 343 g/mol. The van der Waals surface area contributed by atoms with Crippen LogP contribution >= 0.6 is 0 Å². The Balaban J connectivity index is 3.38. The Morgan fingerprint density at radius 3 is 2.30 bits per heavy atom. The average Bonchev–Trinajstić information content (AvgIpc) is 2.52. The number of hydrogen-bond acceptors (Lipinski definition) is 6. The first-order valence-electron chi connectivity index (χ1n) is 7.09. The maximum Gasteiger partial charge on any atom is 0.339 e. The van der Waals surface area contributed by atoms with Crippen LogP contribution in [0, 0.1) is 0 Å². The molecule has 0 heterocycles. The van der Waals surface area contributed by atoms with Crippen LogP contribution in [0.1, 0.15) is 47.4 Å². The molecule has 128 valence electrons. The van der Waals surface area contributed by atoms with Crippen LogP contribution in [-0.2, 0) is 19.5 Å². The molecule has 1 aromatic rings. The number of methoxy groups -OCH3 is 2. The topological polar surface area (TPSA) is 98.8 Å². The van der Waals surface area contributed by atoms with E-state index in [0.29, 0.717) is 6.42 Å². The van der Waals surface area contributed by atoms with Crippen LogP contribution < -0.4 is 4.72 Å². The Kier molecular flexibility index (Phi) is 6.71. The van der Waals surface area contributed by atoms with E-state index in [2.05, 4.69) is 14.2 Å². The highest BCUT2D eigenvalue weighted by molar-refractivity contribution is 7.89. The Morgan fingerprint density at radius 2 is 1.78 bits per heavy atom. The smallest absolute Gasteiger partial charge is 0.339 e. The van der Waals surface area contributed by atoms with Crippen molar-refractivity contribution in [2.45, 2.75) is 37.6 Å². The van der Waals surface area contributed by atoms with Gasteiger partial charge in [0.15, 0.2) is 0 Å². The van der Waals surface area contributed by atoms with E-state index in [1.165, 1.54) is 19.2 Å². The molecule has 7 nitrogen and oxygen atoms in total. The number of hydrogen-bond donors (Lipinski definition) is 1. The summed E-state index contributed by atoms with van der Waals surface area (Å²) in [5.41, 5.74) is -0.111. The molecule has 0 aliphatic heterocycles. The van der Waals surface area contributed by atoms with E-state index in [-0.39, 0.29) is 22.1 Å². The molecule has 0 fully saturated rings. The molecule has 0 spiro atoms. The number of sulfonamides is 1. The van der Waals surface area contributed by atoms with Crippen LogP contribution in [0.15, 0.2) is 23.1 Å². The van der Waals surface area contributed by atoms with Crippen LogP contribution in [0.5, 0.6) is 0 Å². The molecular formula is C15H21NO6S. The molecule has 0 bridgehead atoms. The second kappa shape index (κ2) is 8.07. The fourth-order valence-electron chi connectivity index (χ4n) is 2.09. The Labute approximate surface area is 136 Å². The van der Waals surface area contributed by atoms with Gasteiger partial charge in [-0.2, -0.15) is 0 Å². The summed E-state index contributed by atoms with van der Waals surface area (Å²) in [6.07, 6.45) is 1.44. The molecule has 1 N–H and O–H groups in total. The maximum atomic E-state index is 12.6. The summed E-state index contributed by atoms with van der Waals surface area (Å²) >= 11 is 0. The first-order chi connectivity index (χ1) is 10.8. The van der Waals surface area contributed by atoms with E-state index in [1.807, 2.05) is 6.92 Å². The molecule has 1 rings (SSSR count). The van der Waals surface area contributed by atoms with Gasteiger partial charge < -0.3 is 9.47 Å². The molecule has 0 radical (unpaired) electrons. The van der Waals surface area contributed by atoms with E-state index < -0.39 is 22.0 Å². The van der Waals surface area contributed by atoms with Crippen molar-refractivity contribution in [1.82, 2.24) is 4.72 Å². The van der Waals surface area contributed by atoms with E-state index in [0.717, 1.165) is 19.6 Å². The van der Waals surface area contributed by atoms with Gasteiger partial charge in [-0.3, -0.25) is 0 Å². The van der Waals surface area contributed by atoms with Crippen LogP contribution in [0.2, 0.25) is 0 Å². The standard InChI is InChI=1S/C15H21NO6S/c1-5-6-10(2)16-23(19,20)13-9-11(14(17)21-3)7-8-12(13)15(18)22-4/h7-10,16H,5-6H2,1-4H3/t10-/m0/s1. The zero-order valence-corrected chi connectivity index (χ0v) is 14.4. The van der Waals surface area contributed by atoms with Gasteiger partial charge in [0.2, 0.25) is 10.0 Å². The number of carbonyl (C=O) groups excluding carboxylic acids is 2. The summed E-state index contributed by atoms with van der Waals surface area (Å²) in [5, 5.41) is 0. The van der Waals surface area contributed by atoms with Crippen molar-refractivity contribution in [1.29, 1.82) is 0 Å². The zero-order valence-electron chi connectivity index (χ0n) is 13.6. The molecule has 0 unspecified atom stereocenters. The van der Waals surface area contributed by atoms with Gasteiger partial charge in [0.25, 0.3) is 0 Å². The number of esters is 2. The molecule has 0 aliphatic rings. The predicted octanol–water partition coefficient (Wildman–Crippen LogP) is 1.73. The lowest BCUT2D eigenvalue weighted by Gasteiger charge is -2.15. The number of benzene rings is 1. The number of carbonyl (C=O) groups is 2. The summed E-state index contributed by atoms with van der Waals surface area (Å²) < 4.78 is 36.8. The zero-order chi connectivity index (χ0) is 17.6. The van der Waals surface area contributed by atoms with Crippen molar-refractivity contribution < 1.29 is 27.5 Å². The van der Waals surface area contributed by atoms with Crippen molar-refractivity contribution in [2.75, 3.05) is 14.2 Å². The SMILES string of the molecule is CCC[C@H](C)NS(=O)(=O)c1cc(C(=O)OC)ccc1C(=O)OC. The van der Waals surface area contributed by atoms with Crippen LogP contribution in [0.4, 0.5) is 0 Å². The number of rotatable bonds is 7. The summed E-state index contributed by atoms with van der Waals surface area (Å²) in [5.74, 6) is -1.50. The second-order valence-corrected chi connectivity index (χ2v) is 6.69. The minimum Gasteiger partial charge on any atom is -0.465 e. The molecule has 8 heteroatoms. The lowest BCUT2D eigenvalue weighted by atomic mass is 10.1. The van der Waals surface area contributed by atoms with Crippen molar-refractivity contribution >= 4 is 22.0 Å². The van der Waals surface area contributed by atoms with Gasteiger partial charge in [-0.05, 0) is 31.5 Å². The van der Waals surface area contributed by atoms with Gasteiger partial charge in [-0.25, -0.2) is 22.7 Å². The normalized spacial score (nSPS) is 12.5. The quantitative estimate of drug-likeness (QED) is 0.757. The third-order valence-electron chi connectivity index (χ3n) is 3.18. The van der Waals surface area contributed by atoms with Crippen molar-refractivity contribution in [3.8, 4) is 0 Å². The van der Waals surface area contributed by atoms with Gasteiger partial charge >= 0.3 is 11.9 Å². The molecule has 1 atom stereocenters. The van der Waals surface area contributed by atoms with E-state index >= 15 is 0 Å². The molecule has 1 aromatic carbocycles. The van der Waals surface area contributed by atoms with E-state index in [1.54, 1.807) is 6.92 Å². The van der Waals surface area contributed by atoms with E-state index in [9.17, 15) is 18.0 Å². The van der Waals surface area contributed by atoms with Crippen LogP contribution in [-0.4, -0.2) is 40.6 Å². The summed E-state index contributed by atoms with van der Waals surface area (Å²) in [4.78, 5) is 23.1. The maximum absolute atomic E-state index is 12.6. The Bertz CT molecular complexity index is 683. The first kappa shape index (κ1) is 19.1. The highest BCUT2D eigenvalue weighted by atomic mass is 32.2. The molecule has 0 aromatic heterocycles. The molecule has 0 amide bonds. The number of ether oxygens (including phenoxy) is 2. The highest BCUT2D eigenvalue weighted by Gasteiger charge is 2.26. The van der Waals surface area contributed by atoms with Crippen molar-refractivity contribution in [3.63, 3.8) is 0 Å². The van der Waals surface area contributed by atoms with Gasteiger partial charge in [0, 0.05) is 6.04 Å². The second-order valence-electron chi connectivity index (χ2n) is 5.01. The fourth-order valence-corrected chi connectivity index (χ4v) is 3.59. The lowest BCUT2D eigenvalue weighted by molar-refractivity contribution is 0.0583. The minimum atomic E-state index is -3.99. The summed E-state index contributed by atoms with van der Waals surface area (Å²) in [7, 11) is -1.65. The van der Waals surface area contributed by atoms with Crippen molar-refractivity contribution in [3.05, 3.63) is 29.3 Å². The largest absolute Gasteiger partial charge is 0.465 e. The van der Waals surface area contributed by atoms with Gasteiger partial charge in [-0.1, -0.05) is 13.3 Å². The van der Waals surface area contributed by atoms with Crippen LogP contribution in [0.3, 0.4) is 0 Å². The van der Waals surface area contributed by atoms with Gasteiger partial charge in [0.05, 0.1) is 30.2 Å². The Hall–Kier alpha value is -1.93.